The van der Waals surface area contributed by atoms with Crippen LogP contribution in [-0.4, -0.2) is 59.6 Å². The van der Waals surface area contributed by atoms with Gasteiger partial charge < -0.3 is 15.0 Å². The molecule has 6 heteroatoms. The molecule has 1 N–H and O–H groups in total. The number of carbonyl (C=O) groups excluding carboxylic acids is 2. The first-order valence-electron chi connectivity index (χ1n) is 10.7. The van der Waals surface area contributed by atoms with Crippen molar-refractivity contribution in [2.75, 3.05) is 26.2 Å². The minimum absolute atomic E-state index is 0.107. The molecule has 1 fully saturated rings. The van der Waals surface area contributed by atoms with Gasteiger partial charge in [0.15, 0.2) is 0 Å². The number of rotatable bonds is 7. The molecular weight excluding hydrogens is 366 g/mol. The number of benzene rings is 1. The maximum Gasteiger partial charge on any atom is 0.407 e. The maximum atomic E-state index is 12.9. The van der Waals surface area contributed by atoms with E-state index in [0.29, 0.717) is 13.1 Å². The van der Waals surface area contributed by atoms with Crippen molar-refractivity contribution in [1.82, 2.24) is 15.1 Å². The Hall–Kier alpha value is -2.08. The van der Waals surface area contributed by atoms with Crippen LogP contribution in [0.5, 0.6) is 0 Å². The van der Waals surface area contributed by atoms with E-state index in [0.717, 1.165) is 44.5 Å². The molecule has 0 aromatic heterocycles. The minimum Gasteiger partial charge on any atom is -0.444 e. The zero-order valence-electron chi connectivity index (χ0n) is 18.7. The van der Waals surface area contributed by atoms with E-state index in [-0.39, 0.29) is 18.0 Å². The number of amides is 2. The zero-order chi connectivity index (χ0) is 21.4. The number of piperidine rings is 1. The molecule has 2 rings (SSSR count). The molecule has 1 heterocycles. The normalized spacial score (nSPS) is 15.8. The van der Waals surface area contributed by atoms with E-state index in [1.807, 2.05) is 25.7 Å². The molecule has 2 amide bonds. The Kier molecular flexibility index (Phi) is 8.50. The molecule has 0 bridgehead atoms. The highest BCUT2D eigenvalue weighted by molar-refractivity contribution is 5.78. The van der Waals surface area contributed by atoms with Gasteiger partial charge in [-0.25, -0.2) is 4.79 Å². The van der Waals surface area contributed by atoms with Gasteiger partial charge in [-0.15, -0.1) is 0 Å². The summed E-state index contributed by atoms with van der Waals surface area (Å²) in [6.07, 6.45) is 2.25. The summed E-state index contributed by atoms with van der Waals surface area (Å²) in [5, 5.41) is 2.95. The van der Waals surface area contributed by atoms with Gasteiger partial charge >= 0.3 is 6.09 Å². The van der Waals surface area contributed by atoms with Crippen LogP contribution in [0, 0.1) is 6.92 Å². The first kappa shape index (κ1) is 23.2. The number of hydrogen-bond acceptors (Lipinski definition) is 4. The molecule has 1 aliphatic rings. The summed E-state index contributed by atoms with van der Waals surface area (Å²) in [5.74, 6) is 0.172. The first-order chi connectivity index (χ1) is 13.7. The molecule has 6 nitrogen and oxygen atoms in total. The van der Waals surface area contributed by atoms with Gasteiger partial charge in [0.25, 0.3) is 0 Å². The van der Waals surface area contributed by atoms with Crippen molar-refractivity contribution < 1.29 is 14.3 Å². The van der Waals surface area contributed by atoms with Crippen molar-refractivity contribution in [2.45, 2.75) is 72.1 Å². The van der Waals surface area contributed by atoms with Crippen LogP contribution in [0.1, 0.15) is 58.1 Å². The van der Waals surface area contributed by atoms with Crippen LogP contribution in [0.25, 0.3) is 0 Å². The van der Waals surface area contributed by atoms with Crippen molar-refractivity contribution in [3.63, 3.8) is 0 Å². The molecule has 1 aromatic rings. The number of aryl methyl sites for hydroxylation is 1. The molecule has 1 aliphatic heterocycles. The van der Waals surface area contributed by atoms with Crippen molar-refractivity contribution in [1.29, 1.82) is 0 Å². The van der Waals surface area contributed by atoms with Gasteiger partial charge in [0.2, 0.25) is 5.91 Å². The number of alkyl carbamates (subject to hydrolysis) is 1. The van der Waals surface area contributed by atoms with E-state index in [1.165, 1.54) is 5.56 Å². The largest absolute Gasteiger partial charge is 0.444 e. The fraction of sp³-hybridized carbons (Fsp3) is 0.652. The molecule has 29 heavy (non-hydrogen) atoms. The molecule has 0 unspecified atom stereocenters. The second-order valence-corrected chi connectivity index (χ2v) is 9.00. The average Bonchev–Trinajstić information content (AvgIpc) is 2.63. The van der Waals surface area contributed by atoms with E-state index in [4.69, 9.17) is 4.74 Å². The molecule has 1 saturated heterocycles. The number of ether oxygens (including phenoxy) is 1. The lowest BCUT2D eigenvalue weighted by atomic mass is 10.1. The van der Waals surface area contributed by atoms with Gasteiger partial charge in [-0.2, -0.15) is 0 Å². The predicted octanol–water partition coefficient (Wildman–Crippen LogP) is 3.72. The summed E-state index contributed by atoms with van der Waals surface area (Å²) in [6, 6.07) is 8.48. The van der Waals surface area contributed by atoms with E-state index in [9.17, 15) is 9.59 Å². The lowest BCUT2D eigenvalue weighted by molar-refractivity contribution is -0.133. The van der Waals surface area contributed by atoms with Gasteiger partial charge in [0, 0.05) is 32.2 Å². The number of nitrogens with one attached hydrogen (secondary N) is 1. The van der Waals surface area contributed by atoms with Crippen molar-refractivity contribution in [3.8, 4) is 0 Å². The number of likely N-dealkylation sites (tertiary alicyclic amines) is 1. The van der Waals surface area contributed by atoms with Crippen LogP contribution in [0.2, 0.25) is 0 Å². The molecule has 162 valence electrons. The Labute approximate surface area is 175 Å². The van der Waals surface area contributed by atoms with Crippen LogP contribution >= 0.6 is 0 Å². The highest BCUT2D eigenvalue weighted by Crippen LogP contribution is 2.14. The fourth-order valence-corrected chi connectivity index (χ4v) is 3.48. The zero-order valence-corrected chi connectivity index (χ0v) is 18.7. The minimum atomic E-state index is -0.489. The van der Waals surface area contributed by atoms with E-state index >= 15 is 0 Å². The Bertz CT molecular complexity index is 659. The highest BCUT2D eigenvalue weighted by atomic mass is 16.6. The second-order valence-electron chi connectivity index (χ2n) is 9.00. The number of carbonyl (C=O) groups is 2. The summed E-state index contributed by atoms with van der Waals surface area (Å²) in [4.78, 5) is 29.0. The third-order valence-corrected chi connectivity index (χ3v) is 5.01. The van der Waals surface area contributed by atoms with Gasteiger partial charge in [-0.05, 0) is 52.5 Å². The lowest BCUT2D eigenvalue weighted by Crippen LogP contribution is -2.48. The monoisotopic (exact) mass is 403 g/mol. The molecule has 0 radical (unpaired) electrons. The van der Waals surface area contributed by atoms with Gasteiger partial charge in [0.1, 0.15) is 5.60 Å². The first-order valence-corrected chi connectivity index (χ1v) is 10.7. The average molecular weight is 404 g/mol. The SMILES string of the molecule is CCCN(Cc1ccc(C)cc1)C(=O)CN1CCC(NC(=O)OC(C)(C)C)CC1. The van der Waals surface area contributed by atoms with Crippen LogP contribution in [0.4, 0.5) is 4.79 Å². The van der Waals surface area contributed by atoms with Crippen LogP contribution in [-0.2, 0) is 16.1 Å². The summed E-state index contributed by atoms with van der Waals surface area (Å²) in [6.45, 7) is 13.2. The van der Waals surface area contributed by atoms with Crippen molar-refractivity contribution in [2.24, 2.45) is 0 Å². The smallest absolute Gasteiger partial charge is 0.407 e. The fourth-order valence-electron chi connectivity index (χ4n) is 3.48. The molecule has 0 saturated carbocycles. The Morgan fingerprint density at radius 2 is 1.79 bits per heavy atom. The van der Waals surface area contributed by atoms with Crippen molar-refractivity contribution >= 4 is 12.0 Å². The molecule has 0 atom stereocenters. The summed E-state index contributed by atoms with van der Waals surface area (Å²) >= 11 is 0. The van der Waals surface area contributed by atoms with E-state index in [1.54, 1.807) is 0 Å². The van der Waals surface area contributed by atoms with Gasteiger partial charge in [0.05, 0.1) is 6.54 Å². The quantitative estimate of drug-likeness (QED) is 0.754. The highest BCUT2D eigenvalue weighted by Gasteiger charge is 2.25. The number of nitrogens with zero attached hydrogens (tertiary/aromatic N) is 2. The third-order valence-electron chi connectivity index (χ3n) is 5.01. The summed E-state index contributed by atoms with van der Waals surface area (Å²) in [7, 11) is 0. The second kappa shape index (κ2) is 10.6. The molecule has 1 aromatic carbocycles. The molecule has 0 spiro atoms. The lowest BCUT2D eigenvalue weighted by Gasteiger charge is -2.33. The van der Waals surface area contributed by atoms with Crippen LogP contribution < -0.4 is 5.32 Å². The Balaban J connectivity index is 1.80. The number of hydrogen-bond donors (Lipinski definition) is 1. The van der Waals surface area contributed by atoms with Crippen LogP contribution in [0.15, 0.2) is 24.3 Å². The summed E-state index contributed by atoms with van der Waals surface area (Å²) in [5.41, 5.74) is 1.90. The summed E-state index contributed by atoms with van der Waals surface area (Å²) < 4.78 is 5.33. The predicted molar refractivity (Wildman–Crippen MR) is 116 cm³/mol. The molecule has 0 aliphatic carbocycles. The Morgan fingerprint density at radius 1 is 1.17 bits per heavy atom. The van der Waals surface area contributed by atoms with Gasteiger partial charge in [-0.1, -0.05) is 36.8 Å². The van der Waals surface area contributed by atoms with E-state index < -0.39 is 5.60 Å². The van der Waals surface area contributed by atoms with Gasteiger partial charge in [-0.3, -0.25) is 9.69 Å². The molecular formula is C23H37N3O3. The van der Waals surface area contributed by atoms with Crippen molar-refractivity contribution in [3.05, 3.63) is 35.4 Å². The van der Waals surface area contributed by atoms with Crippen LogP contribution in [0.3, 0.4) is 0 Å². The van der Waals surface area contributed by atoms with E-state index in [2.05, 4.69) is 48.3 Å². The third kappa shape index (κ3) is 8.44. The standard InChI is InChI=1S/C23H37N3O3/c1-6-13-26(16-19-9-7-18(2)8-10-19)21(27)17-25-14-11-20(12-15-25)24-22(28)29-23(3,4)5/h7-10,20H,6,11-17H2,1-5H3,(H,24,28). The topological polar surface area (TPSA) is 61.9 Å². The maximum absolute atomic E-state index is 12.9. The Morgan fingerprint density at radius 3 is 2.34 bits per heavy atom.